The molecule has 0 radical (unpaired) electrons. The van der Waals surface area contributed by atoms with Crippen molar-refractivity contribution in [3.05, 3.63) is 41.4 Å². The molecule has 24 heavy (non-hydrogen) atoms. The number of hydrogen-bond acceptors (Lipinski definition) is 5. The van der Waals surface area contributed by atoms with Crippen LogP contribution in [0.5, 0.6) is 0 Å². The molecule has 1 aliphatic heterocycles. The fraction of sp³-hybridized carbons (Fsp3) is 0.333. The molecule has 0 bridgehead atoms. The van der Waals surface area contributed by atoms with E-state index < -0.39 is 0 Å². The van der Waals surface area contributed by atoms with E-state index >= 15 is 0 Å². The van der Waals surface area contributed by atoms with E-state index in [2.05, 4.69) is 21.7 Å². The minimum absolute atomic E-state index is 0.107. The second kappa shape index (κ2) is 7.37. The van der Waals surface area contributed by atoms with Crippen LogP contribution in [0.2, 0.25) is 0 Å². The Bertz CT molecular complexity index is 753. The maximum Gasteiger partial charge on any atom is 0.298 e. The monoisotopic (exact) mass is 340 g/mol. The van der Waals surface area contributed by atoms with E-state index in [-0.39, 0.29) is 5.91 Å². The van der Waals surface area contributed by atoms with E-state index in [1.54, 1.807) is 11.3 Å². The van der Waals surface area contributed by atoms with Crippen LogP contribution in [0.25, 0.3) is 0 Å². The Hall–Kier alpha value is -2.52. The van der Waals surface area contributed by atoms with Crippen LogP contribution in [0.4, 0.5) is 10.8 Å². The van der Waals surface area contributed by atoms with Crippen molar-refractivity contribution in [1.82, 2.24) is 9.88 Å². The van der Waals surface area contributed by atoms with Crippen LogP contribution < -0.4 is 9.80 Å². The highest BCUT2D eigenvalue weighted by molar-refractivity contribution is 7.13. The molecule has 0 atom stereocenters. The van der Waals surface area contributed by atoms with Gasteiger partial charge in [-0.3, -0.25) is 4.79 Å². The lowest BCUT2D eigenvalue weighted by molar-refractivity contribution is -0.125. The number of carbonyl (C=O) groups is 1. The molecule has 1 amide bonds. The number of hydrogen-bond donors (Lipinski definition) is 0. The molecule has 0 unspecified atom stereocenters. The molecule has 1 fully saturated rings. The first-order chi connectivity index (χ1) is 11.6. The number of amides is 1. The molecule has 2 aromatic rings. The van der Waals surface area contributed by atoms with Gasteiger partial charge in [0.15, 0.2) is 5.13 Å². The summed E-state index contributed by atoms with van der Waals surface area (Å²) in [7, 11) is 3.97. The fourth-order valence-electron chi connectivity index (χ4n) is 2.54. The molecule has 3 rings (SSSR count). The second-order valence-electron chi connectivity index (χ2n) is 5.79. The molecule has 1 aromatic heterocycles. The van der Waals surface area contributed by atoms with Crippen LogP contribution in [0, 0.1) is 11.8 Å². The zero-order chi connectivity index (χ0) is 16.9. The lowest BCUT2D eigenvalue weighted by Crippen LogP contribution is -2.48. The topological polar surface area (TPSA) is 39.7 Å². The molecule has 0 spiro atoms. The predicted molar refractivity (Wildman–Crippen MR) is 98.6 cm³/mol. The van der Waals surface area contributed by atoms with Gasteiger partial charge < -0.3 is 14.7 Å². The summed E-state index contributed by atoms with van der Waals surface area (Å²) in [5, 5.41) is 2.99. The highest BCUT2D eigenvalue weighted by atomic mass is 32.1. The Kier molecular flexibility index (Phi) is 5.02. The number of benzene rings is 1. The summed E-state index contributed by atoms with van der Waals surface area (Å²) in [4.78, 5) is 22.7. The van der Waals surface area contributed by atoms with Gasteiger partial charge in [-0.25, -0.2) is 4.98 Å². The quantitative estimate of drug-likeness (QED) is 0.783. The summed E-state index contributed by atoms with van der Waals surface area (Å²) in [6, 6.07) is 7.88. The van der Waals surface area contributed by atoms with Gasteiger partial charge in [-0.05, 0) is 18.2 Å². The van der Waals surface area contributed by atoms with E-state index in [4.69, 9.17) is 0 Å². The van der Waals surface area contributed by atoms with E-state index in [0.717, 1.165) is 29.5 Å². The zero-order valence-corrected chi connectivity index (χ0v) is 14.7. The van der Waals surface area contributed by atoms with Gasteiger partial charge in [0.05, 0.1) is 0 Å². The summed E-state index contributed by atoms with van der Waals surface area (Å²) in [6.07, 6.45) is 1.81. The summed E-state index contributed by atoms with van der Waals surface area (Å²) in [5.41, 5.74) is 1.93. The summed E-state index contributed by atoms with van der Waals surface area (Å²) in [5.74, 6) is 5.65. The fourth-order valence-corrected chi connectivity index (χ4v) is 3.24. The molecular weight excluding hydrogens is 320 g/mol. The van der Waals surface area contributed by atoms with Gasteiger partial charge in [0, 0.05) is 69.0 Å². The van der Waals surface area contributed by atoms with E-state index in [9.17, 15) is 4.79 Å². The second-order valence-corrected chi connectivity index (χ2v) is 6.66. The third kappa shape index (κ3) is 3.87. The lowest BCUT2D eigenvalue weighted by atomic mass is 10.2. The maximum atomic E-state index is 12.3. The Balaban J connectivity index is 1.60. The molecular formula is C18H20N4OS. The van der Waals surface area contributed by atoms with Gasteiger partial charge in [-0.15, -0.1) is 11.3 Å². The average molecular weight is 340 g/mol. The molecule has 6 heteroatoms. The number of anilines is 2. The van der Waals surface area contributed by atoms with Gasteiger partial charge in [0.2, 0.25) is 0 Å². The normalized spacial score (nSPS) is 14.1. The molecule has 0 aliphatic carbocycles. The average Bonchev–Trinajstić information content (AvgIpc) is 3.14. The van der Waals surface area contributed by atoms with Gasteiger partial charge >= 0.3 is 0 Å². The molecule has 2 heterocycles. The van der Waals surface area contributed by atoms with E-state index in [0.29, 0.717) is 13.1 Å². The minimum atomic E-state index is -0.107. The Morgan fingerprint density at radius 3 is 2.71 bits per heavy atom. The summed E-state index contributed by atoms with van der Waals surface area (Å²) < 4.78 is 0. The van der Waals surface area contributed by atoms with Gasteiger partial charge in [-0.1, -0.05) is 12.0 Å². The number of piperazine rings is 1. The van der Waals surface area contributed by atoms with Crippen molar-refractivity contribution in [2.75, 3.05) is 50.1 Å². The molecule has 1 aliphatic rings. The Labute approximate surface area is 146 Å². The number of rotatable bonds is 2. The SMILES string of the molecule is CN(C)c1cccc(C#CC(=O)N2CCN(c3nccs3)CC2)c1. The van der Waals surface area contributed by atoms with Gasteiger partial charge in [0.25, 0.3) is 5.91 Å². The number of thiazole rings is 1. The van der Waals surface area contributed by atoms with Crippen LogP contribution in [-0.4, -0.2) is 56.1 Å². The highest BCUT2D eigenvalue weighted by Crippen LogP contribution is 2.18. The van der Waals surface area contributed by atoms with Crippen LogP contribution >= 0.6 is 11.3 Å². The summed E-state index contributed by atoms with van der Waals surface area (Å²) in [6.45, 7) is 2.98. The summed E-state index contributed by atoms with van der Waals surface area (Å²) >= 11 is 1.63. The third-order valence-corrected chi connectivity index (χ3v) is 4.77. The van der Waals surface area contributed by atoms with E-state index in [1.165, 1.54) is 0 Å². The van der Waals surface area contributed by atoms with Crippen LogP contribution in [0.1, 0.15) is 5.56 Å². The van der Waals surface area contributed by atoms with Crippen molar-refractivity contribution in [3.63, 3.8) is 0 Å². The molecule has 1 aromatic carbocycles. The van der Waals surface area contributed by atoms with Crippen LogP contribution in [-0.2, 0) is 4.79 Å². The standard InChI is InChI=1S/C18H20N4OS/c1-20(2)16-5-3-4-15(14-16)6-7-17(23)21-9-11-22(12-10-21)18-19-8-13-24-18/h3-5,8,13-14H,9-12H2,1-2H3. The van der Waals surface area contributed by atoms with Crippen molar-refractivity contribution < 1.29 is 4.79 Å². The molecule has 0 N–H and O–H groups in total. The van der Waals surface area contributed by atoms with Crippen molar-refractivity contribution in [2.45, 2.75) is 0 Å². The lowest BCUT2D eigenvalue weighted by Gasteiger charge is -2.33. The van der Waals surface area contributed by atoms with Crippen molar-refractivity contribution >= 4 is 28.1 Å². The first-order valence-corrected chi connectivity index (χ1v) is 8.74. The smallest absolute Gasteiger partial charge is 0.298 e. The highest BCUT2D eigenvalue weighted by Gasteiger charge is 2.21. The largest absolute Gasteiger partial charge is 0.378 e. The molecule has 124 valence electrons. The van der Waals surface area contributed by atoms with Crippen molar-refractivity contribution in [2.24, 2.45) is 0 Å². The van der Waals surface area contributed by atoms with Crippen molar-refractivity contribution in [1.29, 1.82) is 0 Å². The molecule has 5 nitrogen and oxygen atoms in total. The number of nitrogens with zero attached hydrogens (tertiary/aromatic N) is 4. The first kappa shape index (κ1) is 16.3. The van der Waals surface area contributed by atoms with Crippen LogP contribution in [0.3, 0.4) is 0 Å². The van der Waals surface area contributed by atoms with Gasteiger partial charge in [-0.2, -0.15) is 0 Å². The first-order valence-electron chi connectivity index (χ1n) is 7.86. The van der Waals surface area contributed by atoms with E-state index in [1.807, 2.05) is 59.7 Å². The Morgan fingerprint density at radius 1 is 1.25 bits per heavy atom. The van der Waals surface area contributed by atoms with Crippen molar-refractivity contribution in [3.8, 4) is 11.8 Å². The maximum absolute atomic E-state index is 12.3. The third-order valence-electron chi connectivity index (χ3n) is 3.93. The Morgan fingerprint density at radius 2 is 2.04 bits per heavy atom. The van der Waals surface area contributed by atoms with Crippen LogP contribution in [0.15, 0.2) is 35.8 Å². The predicted octanol–water partition coefficient (Wildman–Crippen LogP) is 1.91. The zero-order valence-electron chi connectivity index (χ0n) is 13.9. The van der Waals surface area contributed by atoms with Gasteiger partial charge in [0.1, 0.15) is 0 Å². The molecule has 1 saturated heterocycles. The number of carbonyl (C=O) groups excluding carboxylic acids is 1. The molecule has 0 saturated carbocycles. The minimum Gasteiger partial charge on any atom is -0.378 e. The number of aromatic nitrogens is 1.